The molecule has 3 N–H and O–H groups in total. The van der Waals surface area contributed by atoms with Gasteiger partial charge in [0.25, 0.3) is 0 Å². The molecule has 1 unspecified atom stereocenters. The third-order valence-corrected chi connectivity index (χ3v) is 6.19. The van der Waals surface area contributed by atoms with E-state index in [0.717, 1.165) is 10.0 Å². The van der Waals surface area contributed by atoms with Crippen molar-refractivity contribution in [1.82, 2.24) is 19.5 Å². The third kappa shape index (κ3) is 3.41. The van der Waals surface area contributed by atoms with Crippen molar-refractivity contribution in [3.05, 3.63) is 45.9 Å². The predicted molar refractivity (Wildman–Crippen MR) is 105 cm³/mol. The number of imidazole rings is 1. The van der Waals surface area contributed by atoms with Crippen LogP contribution in [0, 0.1) is 0 Å². The Labute approximate surface area is 166 Å². The molecule has 3 atom stereocenters. The van der Waals surface area contributed by atoms with Crippen molar-refractivity contribution < 1.29 is 10.2 Å². The number of thioether (sulfide) groups is 1. The first kappa shape index (κ1) is 18.0. The van der Waals surface area contributed by atoms with E-state index in [0.29, 0.717) is 29.3 Å². The number of aliphatic hydroxyl groups excluding tert-OH is 2. The quantitative estimate of drug-likeness (QED) is 0.520. The molecular weight excluding hydrogens is 442 g/mol. The van der Waals surface area contributed by atoms with Crippen LogP contribution in [0.15, 0.2) is 35.1 Å². The number of rotatable bonds is 4. The Bertz CT molecular complexity index is 956. The van der Waals surface area contributed by atoms with Crippen LogP contribution in [0.3, 0.4) is 0 Å². The lowest BCUT2D eigenvalue weighted by molar-refractivity contribution is 0.0313. The number of halogens is 2. The average Bonchev–Trinajstić information content (AvgIpc) is 3.17. The Morgan fingerprint density at radius 3 is 2.92 bits per heavy atom. The van der Waals surface area contributed by atoms with E-state index in [1.54, 1.807) is 10.9 Å². The van der Waals surface area contributed by atoms with Gasteiger partial charge >= 0.3 is 0 Å². The summed E-state index contributed by atoms with van der Waals surface area (Å²) in [4.78, 5) is 12.9. The van der Waals surface area contributed by atoms with Crippen LogP contribution in [-0.2, 0) is 6.54 Å². The zero-order chi connectivity index (χ0) is 18.3. The molecule has 3 aromatic rings. The van der Waals surface area contributed by atoms with E-state index in [1.165, 1.54) is 11.8 Å². The second-order valence-corrected chi connectivity index (χ2v) is 8.33. The zero-order valence-corrected chi connectivity index (χ0v) is 16.5. The summed E-state index contributed by atoms with van der Waals surface area (Å²) in [6.45, 7) is 0.550. The standard InChI is InChI=1S/C16H15BrClN5O2S/c17-9-3-1-2-8(4-9)5-19-13-11-14(22-16(18)21-13)23(7-20-11)15-12(25)10(24)6-26-15/h1-4,7,10,12,15,24-25H,5-6H2,(H,19,21,22)/t10?,12-,15-/m1/s1. The lowest BCUT2D eigenvalue weighted by Crippen LogP contribution is -2.27. The van der Waals surface area contributed by atoms with E-state index >= 15 is 0 Å². The average molecular weight is 457 g/mol. The highest BCUT2D eigenvalue weighted by atomic mass is 79.9. The Balaban J connectivity index is 1.66. The van der Waals surface area contributed by atoms with Crippen LogP contribution >= 0.6 is 39.3 Å². The monoisotopic (exact) mass is 455 g/mol. The van der Waals surface area contributed by atoms with Crippen LogP contribution < -0.4 is 5.32 Å². The van der Waals surface area contributed by atoms with Crippen molar-refractivity contribution in [3.63, 3.8) is 0 Å². The molecular formula is C16H15BrClN5O2S. The van der Waals surface area contributed by atoms with E-state index in [2.05, 4.69) is 36.2 Å². The van der Waals surface area contributed by atoms with Crippen LogP contribution in [0.2, 0.25) is 5.28 Å². The fourth-order valence-corrected chi connectivity index (χ4v) is 4.76. The SMILES string of the molecule is OC1CS[C@@H](n2cnc3c(NCc4cccc(Br)c4)nc(Cl)nc32)[C@@H]1O. The molecule has 1 aromatic carbocycles. The van der Waals surface area contributed by atoms with Gasteiger partial charge in [0.15, 0.2) is 17.0 Å². The molecule has 0 radical (unpaired) electrons. The molecule has 1 fully saturated rings. The Morgan fingerprint density at radius 1 is 1.35 bits per heavy atom. The summed E-state index contributed by atoms with van der Waals surface area (Å²) in [5.41, 5.74) is 2.16. The summed E-state index contributed by atoms with van der Waals surface area (Å²) in [5, 5.41) is 23.0. The highest BCUT2D eigenvalue weighted by Crippen LogP contribution is 2.38. The zero-order valence-electron chi connectivity index (χ0n) is 13.4. The number of anilines is 1. The van der Waals surface area contributed by atoms with E-state index in [-0.39, 0.29) is 10.7 Å². The molecule has 3 heterocycles. The summed E-state index contributed by atoms with van der Waals surface area (Å²) in [6, 6.07) is 7.94. The van der Waals surface area contributed by atoms with Crippen molar-refractivity contribution >= 4 is 56.3 Å². The van der Waals surface area contributed by atoms with Gasteiger partial charge in [0.05, 0.1) is 12.4 Å². The molecule has 2 aromatic heterocycles. The van der Waals surface area contributed by atoms with Crippen molar-refractivity contribution in [2.75, 3.05) is 11.1 Å². The topological polar surface area (TPSA) is 96.1 Å². The van der Waals surface area contributed by atoms with Gasteiger partial charge in [-0.15, -0.1) is 11.8 Å². The van der Waals surface area contributed by atoms with Gasteiger partial charge < -0.3 is 15.5 Å². The maximum Gasteiger partial charge on any atom is 0.226 e. The summed E-state index contributed by atoms with van der Waals surface area (Å²) in [5.74, 6) is 0.981. The number of hydrogen-bond donors (Lipinski definition) is 3. The molecule has 4 rings (SSSR count). The molecule has 7 nitrogen and oxygen atoms in total. The molecule has 1 aliphatic rings. The largest absolute Gasteiger partial charge is 0.389 e. The van der Waals surface area contributed by atoms with Gasteiger partial charge in [-0.3, -0.25) is 4.57 Å². The van der Waals surface area contributed by atoms with Crippen molar-refractivity contribution in [2.24, 2.45) is 0 Å². The van der Waals surface area contributed by atoms with Crippen LogP contribution in [0.1, 0.15) is 10.9 Å². The highest BCUT2D eigenvalue weighted by molar-refractivity contribution is 9.10. The lowest BCUT2D eigenvalue weighted by Gasteiger charge is -2.17. The first-order valence-electron chi connectivity index (χ1n) is 7.89. The van der Waals surface area contributed by atoms with Gasteiger partial charge in [0, 0.05) is 16.8 Å². The Morgan fingerprint density at radius 2 is 2.19 bits per heavy atom. The van der Waals surface area contributed by atoms with Gasteiger partial charge in [-0.2, -0.15) is 9.97 Å². The first-order chi connectivity index (χ1) is 12.5. The summed E-state index contributed by atoms with van der Waals surface area (Å²) < 4.78 is 2.73. The number of nitrogens with zero attached hydrogens (tertiary/aromatic N) is 4. The van der Waals surface area contributed by atoms with Gasteiger partial charge in [-0.1, -0.05) is 28.1 Å². The number of hydrogen-bond acceptors (Lipinski definition) is 7. The molecule has 1 aliphatic heterocycles. The van der Waals surface area contributed by atoms with Crippen molar-refractivity contribution in [3.8, 4) is 0 Å². The number of aliphatic hydroxyl groups is 2. The van der Waals surface area contributed by atoms with Gasteiger partial charge in [0.2, 0.25) is 5.28 Å². The normalized spacial score (nSPS) is 22.8. The van der Waals surface area contributed by atoms with E-state index < -0.39 is 12.2 Å². The molecule has 1 saturated heterocycles. The molecule has 0 bridgehead atoms. The van der Waals surface area contributed by atoms with E-state index in [1.807, 2.05) is 24.3 Å². The number of aromatic nitrogens is 4. The molecule has 0 saturated carbocycles. The number of nitrogens with one attached hydrogen (secondary N) is 1. The van der Waals surface area contributed by atoms with Crippen LogP contribution in [-0.4, -0.2) is 47.7 Å². The third-order valence-electron chi connectivity index (χ3n) is 4.14. The van der Waals surface area contributed by atoms with Gasteiger partial charge in [-0.25, -0.2) is 4.98 Å². The minimum Gasteiger partial charge on any atom is -0.389 e. The predicted octanol–water partition coefficient (Wildman–Crippen LogP) is 2.82. The van der Waals surface area contributed by atoms with Crippen molar-refractivity contribution in [2.45, 2.75) is 24.1 Å². The van der Waals surface area contributed by atoms with Crippen LogP contribution in [0.5, 0.6) is 0 Å². The van der Waals surface area contributed by atoms with Crippen LogP contribution in [0.4, 0.5) is 5.82 Å². The Kier molecular flexibility index (Phi) is 5.07. The minimum absolute atomic E-state index is 0.0917. The first-order valence-corrected chi connectivity index (χ1v) is 10.1. The maximum absolute atomic E-state index is 10.2. The van der Waals surface area contributed by atoms with Crippen molar-refractivity contribution in [1.29, 1.82) is 0 Å². The Hall–Kier alpha value is -1.39. The fourth-order valence-electron chi connectivity index (χ4n) is 2.86. The second-order valence-electron chi connectivity index (χ2n) is 5.93. The highest BCUT2D eigenvalue weighted by Gasteiger charge is 2.36. The molecule has 26 heavy (non-hydrogen) atoms. The van der Waals surface area contributed by atoms with Gasteiger partial charge in [-0.05, 0) is 29.3 Å². The summed E-state index contributed by atoms with van der Waals surface area (Å²) in [6.07, 6.45) is -0.0584. The maximum atomic E-state index is 10.2. The molecule has 136 valence electrons. The minimum atomic E-state index is -0.885. The summed E-state index contributed by atoms with van der Waals surface area (Å²) in [7, 11) is 0. The fraction of sp³-hybridized carbons (Fsp3) is 0.312. The van der Waals surface area contributed by atoms with Gasteiger partial charge in [0.1, 0.15) is 11.5 Å². The molecule has 0 aliphatic carbocycles. The lowest BCUT2D eigenvalue weighted by atomic mass is 10.2. The van der Waals surface area contributed by atoms with E-state index in [9.17, 15) is 10.2 Å². The number of fused-ring (bicyclic) bond motifs is 1. The van der Waals surface area contributed by atoms with E-state index in [4.69, 9.17) is 11.6 Å². The smallest absolute Gasteiger partial charge is 0.226 e. The second kappa shape index (κ2) is 7.32. The van der Waals surface area contributed by atoms with Crippen LogP contribution in [0.25, 0.3) is 11.2 Å². The molecule has 10 heteroatoms. The molecule has 0 spiro atoms. The number of benzene rings is 1. The summed E-state index contributed by atoms with van der Waals surface area (Å²) >= 11 is 11.0. The molecule has 0 amide bonds.